The monoisotopic (exact) mass is 261 g/mol. The van der Waals surface area contributed by atoms with Crippen LogP contribution < -0.4 is 11.1 Å². The molecule has 0 radical (unpaired) electrons. The Balaban J connectivity index is 1.78. The highest BCUT2D eigenvalue weighted by Crippen LogP contribution is 2.17. The number of rotatable bonds is 5. The van der Waals surface area contributed by atoms with Crippen LogP contribution in [0.5, 0.6) is 0 Å². The van der Waals surface area contributed by atoms with Gasteiger partial charge in [-0.15, -0.1) is 0 Å². The van der Waals surface area contributed by atoms with Crippen molar-refractivity contribution in [3.63, 3.8) is 0 Å². The number of nitrogens with two attached hydrogens (primary N) is 1. The first-order chi connectivity index (χ1) is 9.13. The van der Waals surface area contributed by atoms with Gasteiger partial charge >= 0.3 is 0 Å². The number of nitrogens with one attached hydrogen (secondary N) is 1. The number of carbonyl (C=O) groups is 1. The lowest BCUT2D eigenvalue weighted by molar-refractivity contribution is -0.117. The molecule has 19 heavy (non-hydrogen) atoms. The molecule has 0 bridgehead atoms. The van der Waals surface area contributed by atoms with Crippen molar-refractivity contribution in [2.75, 3.05) is 32.0 Å². The summed E-state index contributed by atoms with van der Waals surface area (Å²) < 4.78 is 0. The van der Waals surface area contributed by atoms with E-state index in [0.717, 1.165) is 23.7 Å². The van der Waals surface area contributed by atoms with Crippen LogP contribution in [0.1, 0.15) is 18.4 Å². The molecule has 1 fully saturated rings. The van der Waals surface area contributed by atoms with Crippen molar-refractivity contribution in [1.29, 1.82) is 0 Å². The van der Waals surface area contributed by atoms with Crippen LogP contribution in [0.15, 0.2) is 24.3 Å². The summed E-state index contributed by atoms with van der Waals surface area (Å²) in [6, 6.07) is 7.96. The Bertz CT molecular complexity index is 408. The molecule has 0 saturated carbocycles. The third kappa shape index (κ3) is 4.56. The number of likely N-dealkylation sites (tertiary alicyclic amines) is 1. The number of carbonyl (C=O) groups excluding carboxylic acids is 1. The number of primary amides is 1. The molecule has 3 N–H and O–H groups in total. The Morgan fingerprint density at radius 2 is 1.95 bits per heavy atom. The highest BCUT2D eigenvalue weighted by atomic mass is 16.1. The first-order valence-electron chi connectivity index (χ1n) is 6.93. The van der Waals surface area contributed by atoms with Gasteiger partial charge in [0.2, 0.25) is 5.91 Å². The summed E-state index contributed by atoms with van der Waals surface area (Å²) >= 11 is 0. The average Bonchev–Trinajstić information content (AvgIpc) is 2.39. The summed E-state index contributed by atoms with van der Waals surface area (Å²) in [4.78, 5) is 13.2. The van der Waals surface area contributed by atoms with E-state index in [-0.39, 0.29) is 5.91 Å². The lowest BCUT2D eigenvalue weighted by Crippen LogP contribution is -2.32. The fraction of sp³-hybridized carbons (Fsp3) is 0.533. The van der Waals surface area contributed by atoms with Crippen LogP contribution >= 0.6 is 0 Å². The van der Waals surface area contributed by atoms with E-state index in [0.29, 0.717) is 6.42 Å². The molecule has 2 rings (SSSR count). The summed E-state index contributed by atoms with van der Waals surface area (Å²) in [5.74, 6) is 0.480. The fourth-order valence-electron chi connectivity index (χ4n) is 2.47. The van der Waals surface area contributed by atoms with Crippen LogP contribution in [-0.2, 0) is 11.2 Å². The van der Waals surface area contributed by atoms with Crippen LogP contribution in [0.4, 0.5) is 5.69 Å². The van der Waals surface area contributed by atoms with Crippen molar-refractivity contribution in [3.8, 4) is 0 Å². The maximum atomic E-state index is 10.8. The predicted octanol–water partition coefficient (Wildman–Crippen LogP) is 1.47. The number of hydrogen-bond acceptors (Lipinski definition) is 3. The van der Waals surface area contributed by atoms with Gasteiger partial charge in [0.05, 0.1) is 6.42 Å². The average molecular weight is 261 g/mol. The van der Waals surface area contributed by atoms with Crippen LogP contribution in [0.3, 0.4) is 0 Å². The zero-order chi connectivity index (χ0) is 13.7. The zero-order valence-electron chi connectivity index (χ0n) is 11.6. The van der Waals surface area contributed by atoms with Gasteiger partial charge in [-0.3, -0.25) is 4.79 Å². The number of piperidine rings is 1. The normalized spacial score (nSPS) is 17.3. The molecular weight excluding hydrogens is 238 g/mol. The molecule has 1 saturated heterocycles. The summed E-state index contributed by atoms with van der Waals surface area (Å²) in [6.07, 6.45) is 2.85. The lowest BCUT2D eigenvalue weighted by Gasteiger charge is -2.29. The van der Waals surface area contributed by atoms with Gasteiger partial charge in [-0.2, -0.15) is 0 Å². The van der Waals surface area contributed by atoms with Gasteiger partial charge in [-0.1, -0.05) is 12.1 Å². The zero-order valence-corrected chi connectivity index (χ0v) is 11.6. The van der Waals surface area contributed by atoms with Crippen molar-refractivity contribution in [3.05, 3.63) is 29.8 Å². The summed E-state index contributed by atoms with van der Waals surface area (Å²) in [7, 11) is 2.18. The second-order valence-corrected chi connectivity index (χ2v) is 5.47. The SMILES string of the molecule is CN1CCC(CNc2ccc(CC(N)=O)cc2)CC1. The highest BCUT2D eigenvalue weighted by Gasteiger charge is 2.15. The molecule has 1 aromatic rings. The molecule has 4 heteroatoms. The molecule has 1 amide bonds. The number of hydrogen-bond donors (Lipinski definition) is 2. The van der Waals surface area contributed by atoms with Crippen molar-refractivity contribution < 1.29 is 4.79 Å². The molecule has 4 nitrogen and oxygen atoms in total. The van der Waals surface area contributed by atoms with Crippen molar-refractivity contribution in [1.82, 2.24) is 4.90 Å². The second-order valence-electron chi connectivity index (χ2n) is 5.47. The van der Waals surface area contributed by atoms with Crippen molar-refractivity contribution in [2.24, 2.45) is 11.7 Å². The van der Waals surface area contributed by atoms with E-state index in [9.17, 15) is 4.79 Å². The topological polar surface area (TPSA) is 58.4 Å². The van der Waals surface area contributed by atoms with E-state index in [1.165, 1.54) is 25.9 Å². The van der Waals surface area contributed by atoms with Crippen LogP contribution in [0.2, 0.25) is 0 Å². The Hall–Kier alpha value is -1.55. The summed E-state index contributed by atoms with van der Waals surface area (Å²) in [6.45, 7) is 3.43. The van der Waals surface area contributed by atoms with E-state index in [2.05, 4.69) is 17.3 Å². The van der Waals surface area contributed by atoms with Crippen molar-refractivity contribution >= 4 is 11.6 Å². The Morgan fingerprint density at radius 1 is 1.32 bits per heavy atom. The van der Waals surface area contributed by atoms with Gasteiger partial charge in [0.25, 0.3) is 0 Å². The maximum absolute atomic E-state index is 10.8. The predicted molar refractivity (Wildman–Crippen MR) is 78.1 cm³/mol. The van der Waals surface area contributed by atoms with Crippen LogP contribution in [0, 0.1) is 5.92 Å². The van der Waals surface area contributed by atoms with E-state index >= 15 is 0 Å². The Kier molecular flexibility index (Phi) is 4.80. The van der Waals surface area contributed by atoms with Gasteiger partial charge in [0.15, 0.2) is 0 Å². The number of benzene rings is 1. The van der Waals surface area contributed by atoms with Gasteiger partial charge in [0, 0.05) is 12.2 Å². The van der Waals surface area contributed by atoms with Gasteiger partial charge in [0.1, 0.15) is 0 Å². The van der Waals surface area contributed by atoms with Gasteiger partial charge in [-0.25, -0.2) is 0 Å². The molecule has 1 aliphatic heterocycles. The molecule has 1 heterocycles. The fourth-order valence-corrected chi connectivity index (χ4v) is 2.47. The van der Waals surface area contributed by atoms with Crippen LogP contribution in [0.25, 0.3) is 0 Å². The summed E-state index contributed by atoms with van der Waals surface area (Å²) in [5.41, 5.74) is 7.26. The Labute approximate surface area is 115 Å². The third-order valence-corrected chi connectivity index (χ3v) is 3.77. The molecule has 1 aromatic carbocycles. The lowest BCUT2D eigenvalue weighted by atomic mass is 9.97. The molecule has 0 aromatic heterocycles. The standard InChI is InChI=1S/C15H23N3O/c1-18-8-6-13(7-9-18)11-17-14-4-2-12(3-5-14)10-15(16)19/h2-5,13,17H,6-11H2,1H3,(H2,16,19). The molecule has 1 aliphatic rings. The third-order valence-electron chi connectivity index (χ3n) is 3.77. The van der Waals surface area contributed by atoms with E-state index in [1.54, 1.807) is 0 Å². The van der Waals surface area contributed by atoms with Crippen LogP contribution in [-0.4, -0.2) is 37.5 Å². The molecule has 104 valence electrons. The second kappa shape index (κ2) is 6.57. The quantitative estimate of drug-likeness (QED) is 0.844. The first-order valence-corrected chi connectivity index (χ1v) is 6.93. The highest BCUT2D eigenvalue weighted by molar-refractivity contribution is 5.76. The number of anilines is 1. The van der Waals surface area contributed by atoms with Gasteiger partial charge in [-0.05, 0) is 56.6 Å². The minimum absolute atomic E-state index is 0.285. The van der Waals surface area contributed by atoms with E-state index < -0.39 is 0 Å². The smallest absolute Gasteiger partial charge is 0.221 e. The molecular formula is C15H23N3O. The molecule has 0 aliphatic carbocycles. The minimum Gasteiger partial charge on any atom is -0.385 e. The van der Waals surface area contributed by atoms with Crippen molar-refractivity contribution in [2.45, 2.75) is 19.3 Å². The Morgan fingerprint density at radius 3 is 2.53 bits per heavy atom. The minimum atomic E-state index is -0.285. The number of amides is 1. The first kappa shape index (κ1) is 13.9. The summed E-state index contributed by atoms with van der Waals surface area (Å²) in [5, 5.41) is 3.48. The largest absolute Gasteiger partial charge is 0.385 e. The van der Waals surface area contributed by atoms with E-state index in [4.69, 9.17) is 5.73 Å². The number of nitrogens with zero attached hydrogens (tertiary/aromatic N) is 1. The molecule has 0 spiro atoms. The molecule has 0 unspecified atom stereocenters. The molecule has 0 atom stereocenters. The van der Waals surface area contributed by atoms with Gasteiger partial charge < -0.3 is 16.0 Å². The maximum Gasteiger partial charge on any atom is 0.221 e. The van der Waals surface area contributed by atoms with E-state index in [1.807, 2.05) is 24.3 Å².